The summed E-state index contributed by atoms with van der Waals surface area (Å²) in [6, 6.07) is 11.3. The zero-order valence-electron chi connectivity index (χ0n) is 17.9. The number of halogens is 1. The number of ether oxygens (including phenoxy) is 2. The molecule has 1 N–H and O–H groups in total. The molecule has 164 valence electrons. The lowest BCUT2D eigenvalue weighted by atomic mass is 10.1. The summed E-state index contributed by atoms with van der Waals surface area (Å²) in [7, 11) is 3.60. The van der Waals surface area contributed by atoms with Gasteiger partial charge in [-0.25, -0.2) is 0 Å². The minimum Gasteiger partial charge on any atom is -0.382 e. The summed E-state index contributed by atoms with van der Waals surface area (Å²) in [6.45, 7) is 7.45. The van der Waals surface area contributed by atoms with Crippen LogP contribution in [0.4, 0.5) is 0 Å². The third kappa shape index (κ3) is 7.38. The largest absolute Gasteiger partial charge is 0.382 e. The second-order valence-electron chi connectivity index (χ2n) is 7.77. The molecule has 2 atom stereocenters. The number of hydrogen-bond donors (Lipinski definition) is 1. The molecule has 2 saturated heterocycles. The minimum atomic E-state index is 0. The molecule has 0 aliphatic carbocycles. The van der Waals surface area contributed by atoms with Crippen molar-refractivity contribution >= 4 is 29.9 Å². The molecule has 6 nitrogen and oxygen atoms in total. The van der Waals surface area contributed by atoms with Crippen molar-refractivity contribution in [3.8, 4) is 0 Å². The van der Waals surface area contributed by atoms with Crippen LogP contribution in [-0.4, -0.2) is 82.5 Å². The van der Waals surface area contributed by atoms with Crippen LogP contribution in [0.5, 0.6) is 0 Å². The zero-order valence-corrected chi connectivity index (χ0v) is 20.2. The van der Waals surface area contributed by atoms with Gasteiger partial charge in [-0.15, -0.1) is 24.0 Å². The zero-order chi connectivity index (χ0) is 19.6. The third-order valence-corrected chi connectivity index (χ3v) is 5.80. The highest BCUT2D eigenvalue weighted by Crippen LogP contribution is 2.24. The summed E-state index contributed by atoms with van der Waals surface area (Å²) in [4.78, 5) is 9.53. The number of rotatable bonds is 9. The normalized spacial score (nSPS) is 21.2. The number of benzene rings is 1. The minimum absolute atomic E-state index is 0. The fraction of sp³-hybridized carbons (Fsp3) is 0.682. The van der Waals surface area contributed by atoms with Crippen LogP contribution in [0.1, 0.15) is 30.9 Å². The number of likely N-dealkylation sites (tertiary alicyclic amines) is 2. The molecule has 1 aromatic rings. The number of hydrogen-bond acceptors (Lipinski definition) is 4. The lowest BCUT2D eigenvalue weighted by Crippen LogP contribution is -2.44. The van der Waals surface area contributed by atoms with Gasteiger partial charge < -0.3 is 19.7 Å². The SMILES string of the molecule is CN=C(NCC(c1ccccc1)N1CCCC1)N1CCC(COCCOC)C1.I. The molecule has 0 saturated carbocycles. The molecule has 0 spiro atoms. The van der Waals surface area contributed by atoms with Gasteiger partial charge >= 0.3 is 0 Å². The second-order valence-corrected chi connectivity index (χ2v) is 7.77. The third-order valence-electron chi connectivity index (χ3n) is 5.80. The fourth-order valence-electron chi connectivity index (χ4n) is 4.26. The number of guanidine groups is 1. The van der Waals surface area contributed by atoms with E-state index in [0.29, 0.717) is 25.2 Å². The summed E-state index contributed by atoms with van der Waals surface area (Å²) < 4.78 is 10.8. The first-order valence-electron chi connectivity index (χ1n) is 10.6. The lowest BCUT2D eigenvalue weighted by molar-refractivity contribution is 0.0536. The van der Waals surface area contributed by atoms with Gasteiger partial charge in [-0.3, -0.25) is 9.89 Å². The summed E-state index contributed by atoms with van der Waals surface area (Å²) in [6.07, 6.45) is 3.76. The van der Waals surface area contributed by atoms with Gasteiger partial charge in [-0.2, -0.15) is 0 Å². The van der Waals surface area contributed by atoms with E-state index in [9.17, 15) is 0 Å². The van der Waals surface area contributed by atoms with Gasteiger partial charge in [0, 0.05) is 39.7 Å². The Balaban J connectivity index is 0.00000300. The molecule has 0 radical (unpaired) electrons. The van der Waals surface area contributed by atoms with Crippen LogP contribution >= 0.6 is 24.0 Å². The van der Waals surface area contributed by atoms with Crippen LogP contribution in [0.25, 0.3) is 0 Å². The van der Waals surface area contributed by atoms with Crippen molar-refractivity contribution in [3.63, 3.8) is 0 Å². The Morgan fingerprint density at radius 3 is 2.62 bits per heavy atom. The number of aliphatic imine (C=N–C) groups is 1. The first kappa shape index (κ1) is 24.4. The molecular formula is C22H37IN4O2. The predicted molar refractivity (Wildman–Crippen MR) is 129 cm³/mol. The van der Waals surface area contributed by atoms with Gasteiger partial charge in [-0.05, 0) is 37.9 Å². The molecule has 3 rings (SSSR count). The van der Waals surface area contributed by atoms with E-state index in [4.69, 9.17) is 9.47 Å². The molecule has 1 aromatic carbocycles. The quantitative estimate of drug-likeness (QED) is 0.237. The van der Waals surface area contributed by atoms with Gasteiger partial charge in [0.05, 0.1) is 25.9 Å². The van der Waals surface area contributed by atoms with E-state index in [-0.39, 0.29) is 24.0 Å². The molecule has 2 heterocycles. The van der Waals surface area contributed by atoms with Gasteiger partial charge in [0.2, 0.25) is 0 Å². The summed E-state index contributed by atoms with van der Waals surface area (Å²) >= 11 is 0. The van der Waals surface area contributed by atoms with Crippen molar-refractivity contribution in [1.82, 2.24) is 15.1 Å². The molecule has 0 aromatic heterocycles. The van der Waals surface area contributed by atoms with E-state index in [0.717, 1.165) is 38.6 Å². The first-order chi connectivity index (χ1) is 13.8. The highest BCUT2D eigenvalue weighted by Gasteiger charge is 2.27. The monoisotopic (exact) mass is 516 g/mol. The van der Waals surface area contributed by atoms with E-state index in [1.807, 2.05) is 7.05 Å². The molecule has 2 aliphatic rings. The number of nitrogens with zero attached hydrogens (tertiary/aromatic N) is 3. The van der Waals surface area contributed by atoms with Gasteiger partial charge in [0.15, 0.2) is 5.96 Å². The van der Waals surface area contributed by atoms with Crippen LogP contribution in [0.15, 0.2) is 35.3 Å². The van der Waals surface area contributed by atoms with Crippen molar-refractivity contribution in [1.29, 1.82) is 0 Å². The van der Waals surface area contributed by atoms with Crippen molar-refractivity contribution in [2.75, 3.05) is 66.7 Å². The second kappa shape index (κ2) is 13.4. The maximum atomic E-state index is 5.72. The highest BCUT2D eigenvalue weighted by atomic mass is 127. The van der Waals surface area contributed by atoms with Crippen molar-refractivity contribution < 1.29 is 9.47 Å². The summed E-state index contributed by atoms with van der Waals surface area (Å²) in [5.41, 5.74) is 1.39. The standard InChI is InChI=1S/C22H36N4O2.HI/c1-23-22(26-13-10-19(17-26)18-28-15-14-27-2)24-16-21(25-11-6-7-12-25)20-8-4-3-5-9-20;/h3-5,8-9,19,21H,6-7,10-18H2,1-2H3,(H,23,24);1H. The van der Waals surface area contributed by atoms with Crippen LogP contribution in [0, 0.1) is 5.92 Å². The maximum Gasteiger partial charge on any atom is 0.193 e. The Kier molecular flexibility index (Phi) is 11.3. The predicted octanol–water partition coefficient (Wildman–Crippen LogP) is 3.00. The Labute approximate surface area is 193 Å². The van der Waals surface area contributed by atoms with Gasteiger partial charge in [0.25, 0.3) is 0 Å². The van der Waals surface area contributed by atoms with E-state index in [1.165, 1.54) is 31.5 Å². The van der Waals surface area contributed by atoms with Crippen LogP contribution in [0.2, 0.25) is 0 Å². The topological polar surface area (TPSA) is 49.3 Å². The van der Waals surface area contributed by atoms with E-state index in [1.54, 1.807) is 7.11 Å². The molecule has 29 heavy (non-hydrogen) atoms. The molecule has 0 bridgehead atoms. The highest BCUT2D eigenvalue weighted by molar-refractivity contribution is 14.0. The molecule has 2 unspecified atom stereocenters. The Bertz CT molecular complexity index is 596. The molecular weight excluding hydrogens is 479 g/mol. The van der Waals surface area contributed by atoms with E-state index < -0.39 is 0 Å². The summed E-state index contributed by atoms with van der Waals surface area (Å²) in [5.74, 6) is 1.58. The Hall–Kier alpha value is -0.900. The molecule has 2 aliphatic heterocycles. The Morgan fingerprint density at radius 1 is 1.17 bits per heavy atom. The van der Waals surface area contributed by atoms with Crippen molar-refractivity contribution in [3.05, 3.63) is 35.9 Å². The molecule has 7 heteroatoms. The van der Waals surface area contributed by atoms with Gasteiger partial charge in [0.1, 0.15) is 0 Å². The van der Waals surface area contributed by atoms with Crippen molar-refractivity contribution in [2.24, 2.45) is 10.9 Å². The lowest BCUT2D eigenvalue weighted by Gasteiger charge is -2.30. The van der Waals surface area contributed by atoms with Crippen LogP contribution in [0.3, 0.4) is 0 Å². The van der Waals surface area contributed by atoms with Crippen LogP contribution < -0.4 is 5.32 Å². The summed E-state index contributed by atoms with van der Waals surface area (Å²) in [5, 5.41) is 3.66. The molecule has 2 fully saturated rings. The van der Waals surface area contributed by atoms with Gasteiger partial charge in [-0.1, -0.05) is 30.3 Å². The number of nitrogens with one attached hydrogen (secondary N) is 1. The van der Waals surface area contributed by atoms with E-state index in [2.05, 4.69) is 50.4 Å². The average Bonchev–Trinajstić information content (AvgIpc) is 3.42. The van der Waals surface area contributed by atoms with E-state index >= 15 is 0 Å². The average molecular weight is 516 g/mol. The number of methoxy groups -OCH3 is 1. The fourth-order valence-corrected chi connectivity index (χ4v) is 4.26. The Morgan fingerprint density at radius 2 is 1.93 bits per heavy atom. The smallest absolute Gasteiger partial charge is 0.193 e. The van der Waals surface area contributed by atoms with Crippen LogP contribution in [-0.2, 0) is 9.47 Å². The van der Waals surface area contributed by atoms with Crippen molar-refractivity contribution in [2.45, 2.75) is 25.3 Å². The first-order valence-corrected chi connectivity index (χ1v) is 10.6. The maximum absolute atomic E-state index is 5.72. The molecule has 0 amide bonds.